The van der Waals surface area contributed by atoms with Crippen LogP contribution in [0.25, 0.3) is 0 Å². The number of aliphatic hydroxyl groups is 1. The molecule has 3 heteroatoms. The van der Waals surface area contributed by atoms with Gasteiger partial charge in [-0.3, -0.25) is 4.79 Å². The van der Waals surface area contributed by atoms with E-state index in [2.05, 4.69) is 0 Å². The van der Waals surface area contributed by atoms with Gasteiger partial charge in [0, 0.05) is 5.92 Å². The summed E-state index contributed by atoms with van der Waals surface area (Å²) in [5, 5.41) is 9.64. The largest absolute Gasteiger partial charge is 0.386 e. The summed E-state index contributed by atoms with van der Waals surface area (Å²) in [4.78, 5) is 14.0. The van der Waals surface area contributed by atoms with E-state index in [1.807, 2.05) is 4.90 Å². The summed E-state index contributed by atoms with van der Waals surface area (Å²) in [5.74, 6) is 0.518. The SMILES string of the molecule is CC1(O)CN(C(=O)C2CCCCCCC2)C1. The lowest BCUT2D eigenvalue weighted by Crippen LogP contribution is -2.62. The van der Waals surface area contributed by atoms with Crippen LogP contribution >= 0.6 is 0 Å². The number of amides is 1. The monoisotopic (exact) mass is 225 g/mol. The average Bonchev–Trinajstić information content (AvgIpc) is 2.12. The summed E-state index contributed by atoms with van der Waals surface area (Å²) < 4.78 is 0. The molecular formula is C13H23NO2. The second kappa shape index (κ2) is 4.74. The van der Waals surface area contributed by atoms with E-state index >= 15 is 0 Å². The van der Waals surface area contributed by atoms with Gasteiger partial charge in [0.25, 0.3) is 0 Å². The van der Waals surface area contributed by atoms with Gasteiger partial charge in [-0.25, -0.2) is 0 Å². The maximum atomic E-state index is 12.1. The van der Waals surface area contributed by atoms with Crippen LogP contribution in [-0.4, -0.2) is 34.6 Å². The van der Waals surface area contributed by atoms with E-state index < -0.39 is 5.60 Å². The molecule has 0 spiro atoms. The molecule has 0 unspecified atom stereocenters. The van der Waals surface area contributed by atoms with E-state index in [4.69, 9.17) is 0 Å². The Morgan fingerprint density at radius 1 is 1.12 bits per heavy atom. The highest BCUT2D eigenvalue weighted by molar-refractivity contribution is 5.80. The third-order valence-corrected chi connectivity index (χ3v) is 3.83. The number of β-amino-alcohol motifs (C(OH)–C–C–N with tert-alkyl or cyclic N) is 1. The molecule has 2 fully saturated rings. The first kappa shape index (κ1) is 11.9. The summed E-state index contributed by atoms with van der Waals surface area (Å²) in [5.41, 5.74) is -0.628. The third kappa shape index (κ3) is 2.76. The first-order valence-corrected chi connectivity index (χ1v) is 6.60. The van der Waals surface area contributed by atoms with Gasteiger partial charge in [0.1, 0.15) is 0 Å². The molecule has 0 aromatic carbocycles. The summed E-state index contributed by atoms with van der Waals surface area (Å²) >= 11 is 0. The van der Waals surface area contributed by atoms with Crippen molar-refractivity contribution in [2.75, 3.05) is 13.1 Å². The number of likely N-dealkylation sites (tertiary alicyclic amines) is 1. The Kier molecular flexibility index (Phi) is 3.53. The summed E-state index contributed by atoms with van der Waals surface area (Å²) in [7, 11) is 0. The van der Waals surface area contributed by atoms with Crippen LogP contribution in [-0.2, 0) is 4.79 Å². The van der Waals surface area contributed by atoms with Gasteiger partial charge in [0.05, 0.1) is 18.7 Å². The lowest BCUT2D eigenvalue weighted by atomic mass is 9.87. The van der Waals surface area contributed by atoms with Crippen molar-refractivity contribution in [3.05, 3.63) is 0 Å². The fourth-order valence-electron chi connectivity index (χ4n) is 2.89. The van der Waals surface area contributed by atoms with Crippen molar-refractivity contribution in [3.8, 4) is 0 Å². The van der Waals surface area contributed by atoms with Gasteiger partial charge < -0.3 is 10.0 Å². The van der Waals surface area contributed by atoms with Crippen LogP contribution in [0.1, 0.15) is 51.9 Å². The topological polar surface area (TPSA) is 40.5 Å². The molecule has 1 aliphatic carbocycles. The predicted molar refractivity (Wildman–Crippen MR) is 63.0 cm³/mol. The summed E-state index contributed by atoms with van der Waals surface area (Å²) in [6.07, 6.45) is 8.39. The lowest BCUT2D eigenvalue weighted by molar-refractivity contribution is -0.157. The number of carbonyl (C=O) groups excluding carboxylic acids is 1. The minimum atomic E-state index is -0.628. The number of hydrogen-bond donors (Lipinski definition) is 1. The molecule has 2 rings (SSSR count). The molecule has 1 N–H and O–H groups in total. The smallest absolute Gasteiger partial charge is 0.225 e. The molecule has 16 heavy (non-hydrogen) atoms. The van der Waals surface area contributed by atoms with Gasteiger partial charge in [-0.05, 0) is 19.8 Å². The Bertz CT molecular complexity index is 247. The van der Waals surface area contributed by atoms with E-state index in [0.29, 0.717) is 13.1 Å². The molecule has 0 bridgehead atoms. The van der Waals surface area contributed by atoms with Crippen LogP contribution in [0.2, 0.25) is 0 Å². The van der Waals surface area contributed by atoms with Crippen molar-refractivity contribution in [2.45, 2.75) is 57.5 Å². The van der Waals surface area contributed by atoms with Crippen molar-refractivity contribution < 1.29 is 9.90 Å². The highest BCUT2D eigenvalue weighted by atomic mass is 16.3. The number of nitrogens with zero attached hydrogens (tertiary/aromatic N) is 1. The molecule has 1 aliphatic heterocycles. The highest BCUT2D eigenvalue weighted by Crippen LogP contribution is 2.28. The fourth-order valence-corrected chi connectivity index (χ4v) is 2.89. The van der Waals surface area contributed by atoms with E-state index in [0.717, 1.165) is 12.8 Å². The van der Waals surface area contributed by atoms with Gasteiger partial charge in [0.2, 0.25) is 5.91 Å². The standard InChI is InChI=1S/C13H23NO2/c1-13(16)9-14(10-13)12(15)11-7-5-3-2-4-6-8-11/h11,16H,2-10H2,1H3. The first-order chi connectivity index (χ1) is 7.58. The second-order valence-corrected chi connectivity index (χ2v) is 5.73. The van der Waals surface area contributed by atoms with E-state index in [1.54, 1.807) is 6.92 Å². The molecule has 1 heterocycles. The van der Waals surface area contributed by atoms with Gasteiger partial charge in [0.15, 0.2) is 0 Å². The minimum Gasteiger partial charge on any atom is -0.386 e. The van der Waals surface area contributed by atoms with Gasteiger partial charge >= 0.3 is 0 Å². The highest BCUT2D eigenvalue weighted by Gasteiger charge is 2.41. The molecule has 3 nitrogen and oxygen atoms in total. The van der Waals surface area contributed by atoms with Crippen LogP contribution in [0.15, 0.2) is 0 Å². The van der Waals surface area contributed by atoms with Crippen molar-refractivity contribution in [1.82, 2.24) is 4.90 Å². The summed E-state index contributed by atoms with van der Waals surface area (Å²) in [6, 6.07) is 0. The molecule has 1 saturated heterocycles. The van der Waals surface area contributed by atoms with Crippen molar-refractivity contribution in [2.24, 2.45) is 5.92 Å². The Morgan fingerprint density at radius 3 is 2.12 bits per heavy atom. The quantitative estimate of drug-likeness (QED) is 0.741. The zero-order valence-corrected chi connectivity index (χ0v) is 10.2. The molecule has 92 valence electrons. The van der Waals surface area contributed by atoms with Crippen molar-refractivity contribution in [1.29, 1.82) is 0 Å². The Hall–Kier alpha value is -0.570. The van der Waals surface area contributed by atoms with Crippen LogP contribution in [0, 0.1) is 5.92 Å². The molecule has 1 saturated carbocycles. The molecule has 0 aromatic rings. The Morgan fingerprint density at radius 2 is 1.62 bits per heavy atom. The fraction of sp³-hybridized carbons (Fsp3) is 0.923. The average molecular weight is 225 g/mol. The lowest BCUT2D eigenvalue weighted by Gasteiger charge is -2.45. The van der Waals surface area contributed by atoms with Crippen molar-refractivity contribution >= 4 is 5.91 Å². The van der Waals surface area contributed by atoms with E-state index in [1.165, 1.54) is 32.1 Å². The maximum Gasteiger partial charge on any atom is 0.225 e. The Balaban J connectivity index is 1.83. The van der Waals surface area contributed by atoms with E-state index in [-0.39, 0.29) is 11.8 Å². The number of rotatable bonds is 1. The molecule has 0 radical (unpaired) electrons. The summed E-state index contributed by atoms with van der Waals surface area (Å²) in [6.45, 7) is 2.86. The molecule has 0 aromatic heterocycles. The van der Waals surface area contributed by atoms with Crippen LogP contribution in [0.3, 0.4) is 0 Å². The zero-order chi connectivity index (χ0) is 11.6. The second-order valence-electron chi connectivity index (χ2n) is 5.73. The van der Waals surface area contributed by atoms with Gasteiger partial charge in [-0.1, -0.05) is 32.1 Å². The third-order valence-electron chi connectivity index (χ3n) is 3.83. The van der Waals surface area contributed by atoms with E-state index in [9.17, 15) is 9.90 Å². The predicted octanol–water partition coefficient (Wildman–Crippen LogP) is 1.94. The number of carbonyl (C=O) groups is 1. The normalized spacial score (nSPS) is 26.8. The van der Waals surface area contributed by atoms with Crippen LogP contribution < -0.4 is 0 Å². The first-order valence-electron chi connectivity index (χ1n) is 6.60. The molecule has 2 aliphatic rings. The maximum absolute atomic E-state index is 12.1. The van der Waals surface area contributed by atoms with Gasteiger partial charge in [-0.2, -0.15) is 0 Å². The number of hydrogen-bond acceptors (Lipinski definition) is 2. The Labute approximate surface area is 97.8 Å². The van der Waals surface area contributed by atoms with Crippen LogP contribution in [0.4, 0.5) is 0 Å². The van der Waals surface area contributed by atoms with Crippen molar-refractivity contribution in [3.63, 3.8) is 0 Å². The zero-order valence-electron chi connectivity index (χ0n) is 10.2. The molecule has 0 atom stereocenters. The molecular weight excluding hydrogens is 202 g/mol. The van der Waals surface area contributed by atoms with Crippen LogP contribution in [0.5, 0.6) is 0 Å². The minimum absolute atomic E-state index is 0.233. The molecule has 1 amide bonds. The van der Waals surface area contributed by atoms with Gasteiger partial charge in [-0.15, -0.1) is 0 Å².